The van der Waals surface area contributed by atoms with Crippen LogP contribution in [0.5, 0.6) is 5.75 Å². The minimum atomic E-state index is -0.917. The number of nitrogens with zero attached hydrogens (tertiary/aromatic N) is 1. The number of aromatic carboxylic acids is 1. The van der Waals surface area contributed by atoms with Gasteiger partial charge in [0.25, 0.3) is 0 Å². The predicted octanol–water partition coefficient (Wildman–Crippen LogP) is 2.39. The number of methoxy groups -OCH3 is 2. The molecule has 0 saturated carbocycles. The first-order chi connectivity index (χ1) is 9.97. The molecule has 0 amide bonds. The van der Waals surface area contributed by atoms with E-state index in [9.17, 15) is 4.79 Å². The molecule has 1 aliphatic heterocycles. The van der Waals surface area contributed by atoms with E-state index in [0.29, 0.717) is 6.54 Å². The molecule has 1 unspecified atom stereocenters. The van der Waals surface area contributed by atoms with E-state index in [1.807, 2.05) is 0 Å². The number of likely N-dealkylation sites (tertiary alicyclic amines) is 1. The van der Waals surface area contributed by atoms with Crippen LogP contribution in [0.25, 0.3) is 0 Å². The molecule has 1 saturated heterocycles. The molecular formula is C16H23NO4. The van der Waals surface area contributed by atoms with Crippen molar-refractivity contribution in [1.82, 2.24) is 4.90 Å². The lowest BCUT2D eigenvalue weighted by atomic mass is 9.94. The van der Waals surface area contributed by atoms with Crippen LogP contribution in [0.3, 0.4) is 0 Å². The highest BCUT2D eigenvalue weighted by atomic mass is 16.5. The average Bonchev–Trinajstić information content (AvgIpc) is 2.47. The van der Waals surface area contributed by atoms with Gasteiger partial charge in [-0.25, -0.2) is 4.79 Å². The fourth-order valence-corrected chi connectivity index (χ4v) is 2.89. The molecule has 5 nitrogen and oxygen atoms in total. The summed E-state index contributed by atoms with van der Waals surface area (Å²) in [6, 6.07) is 4.98. The molecule has 1 atom stereocenters. The number of ether oxygens (including phenoxy) is 2. The fraction of sp³-hybridized carbons (Fsp3) is 0.562. The maximum atomic E-state index is 11.1. The number of carbonyl (C=O) groups is 1. The molecule has 0 bridgehead atoms. The van der Waals surface area contributed by atoms with E-state index in [4.69, 9.17) is 14.6 Å². The van der Waals surface area contributed by atoms with Gasteiger partial charge in [-0.2, -0.15) is 0 Å². The molecule has 116 valence electrons. The zero-order valence-electron chi connectivity index (χ0n) is 12.9. The minimum Gasteiger partial charge on any atom is -0.496 e. The van der Waals surface area contributed by atoms with Crippen molar-refractivity contribution >= 4 is 5.97 Å². The van der Waals surface area contributed by atoms with Crippen LogP contribution in [0.1, 0.15) is 35.7 Å². The summed E-state index contributed by atoms with van der Waals surface area (Å²) in [7, 11) is 3.35. The van der Waals surface area contributed by atoms with Gasteiger partial charge in [-0.05, 0) is 44.5 Å². The Morgan fingerprint density at radius 1 is 1.43 bits per heavy atom. The molecule has 1 heterocycles. The molecule has 0 aliphatic carbocycles. The summed E-state index contributed by atoms with van der Waals surface area (Å²) >= 11 is 0. The largest absolute Gasteiger partial charge is 0.496 e. The van der Waals surface area contributed by atoms with Gasteiger partial charge in [0.05, 0.1) is 18.3 Å². The van der Waals surface area contributed by atoms with Crippen molar-refractivity contribution in [1.29, 1.82) is 0 Å². The van der Waals surface area contributed by atoms with Gasteiger partial charge in [0, 0.05) is 25.8 Å². The molecule has 1 aliphatic rings. The summed E-state index contributed by atoms with van der Waals surface area (Å²) in [5, 5.41) is 9.13. The molecule has 0 radical (unpaired) electrons. The van der Waals surface area contributed by atoms with Crippen LogP contribution in [0, 0.1) is 0 Å². The van der Waals surface area contributed by atoms with Crippen LogP contribution >= 0.6 is 0 Å². The third-order valence-corrected chi connectivity index (χ3v) is 4.15. The molecule has 0 spiro atoms. The highest BCUT2D eigenvalue weighted by Gasteiger charge is 2.31. The van der Waals surface area contributed by atoms with Crippen molar-refractivity contribution in [2.24, 2.45) is 0 Å². The first kappa shape index (κ1) is 15.8. The van der Waals surface area contributed by atoms with Gasteiger partial charge in [-0.1, -0.05) is 0 Å². The Morgan fingerprint density at radius 3 is 2.81 bits per heavy atom. The van der Waals surface area contributed by atoms with Gasteiger partial charge in [-0.15, -0.1) is 0 Å². The zero-order chi connectivity index (χ0) is 15.5. The van der Waals surface area contributed by atoms with Crippen molar-refractivity contribution in [2.75, 3.05) is 27.3 Å². The van der Waals surface area contributed by atoms with Gasteiger partial charge in [0.1, 0.15) is 5.75 Å². The lowest BCUT2D eigenvalue weighted by molar-refractivity contribution is -0.0528. The van der Waals surface area contributed by atoms with E-state index >= 15 is 0 Å². The maximum Gasteiger partial charge on any atom is 0.335 e. The lowest BCUT2D eigenvalue weighted by Crippen LogP contribution is -2.46. The number of hydrogen-bond donors (Lipinski definition) is 1. The molecule has 0 aromatic heterocycles. The second-order valence-corrected chi connectivity index (χ2v) is 5.80. The van der Waals surface area contributed by atoms with Crippen molar-refractivity contribution in [3.05, 3.63) is 29.3 Å². The third-order valence-electron chi connectivity index (χ3n) is 4.15. The molecule has 21 heavy (non-hydrogen) atoms. The SMILES string of the molecule is COc1ccc(C(=O)O)cc1CN1CCCC(C)(OC)C1. The normalized spacial score (nSPS) is 23.0. The summed E-state index contributed by atoms with van der Waals surface area (Å²) in [6.07, 6.45) is 2.12. The first-order valence-corrected chi connectivity index (χ1v) is 7.15. The van der Waals surface area contributed by atoms with E-state index in [-0.39, 0.29) is 11.2 Å². The van der Waals surface area contributed by atoms with Gasteiger partial charge >= 0.3 is 5.97 Å². The van der Waals surface area contributed by atoms with Crippen LogP contribution in [-0.4, -0.2) is 48.9 Å². The van der Waals surface area contributed by atoms with Crippen LogP contribution in [-0.2, 0) is 11.3 Å². The van der Waals surface area contributed by atoms with Crippen molar-refractivity contribution in [3.63, 3.8) is 0 Å². The second-order valence-electron chi connectivity index (χ2n) is 5.80. The van der Waals surface area contributed by atoms with E-state index < -0.39 is 5.97 Å². The number of piperidine rings is 1. The summed E-state index contributed by atoms with van der Waals surface area (Å²) < 4.78 is 10.9. The maximum absolute atomic E-state index is 11.1. The topological polar surface area (TPSA) is 59.0 Å². The third kappa shape index (κ3) is 3.74. The number of benzene rings is 1. The summed E-state index contributed by atoms with van der Waals surface area (Å²) in [4.78, 5) is 13.4. The Bertz CT molecular complexity index is 517. The first-order valence-electron chi connectivity index (χ1n) is 7.15. The van der Waals surface area contributed by atoms with Gasteiger partial charge in [0.15, 0.2) is 0 Å². The minimum absolute atomic E-state index is 0.129. The van der Waals surface area contributed by atoms with Crippen LogP contribution in [0.2, 0.25) is 0 Å². The Morgan fingerprint density at radius 2 is 2.19 bits per heavy atom. The standard InChI is InChI=1S/C16H23NO4/c1-16(21-3)7-4-8-17(11-16)10-13-9-12(15(18)19)5-6-14(13)20-2/h5-6,9H,4,7-8,10-11H2,1-3H3,(H,18,19). The Kier molecular flexibility index (Phi) is 4.85. The molecule has 1 N–H and O–H groups in total. The van der Waals surface area contributed by atoms with E-state index in [1.54, 1.807) is 32.4 Å². The lowest BCUT2D eigenvalue weighted by Gasteiger charge is -2.39. The number of rotatable bonds is 5. The second kappa shape index (κ2) is 6.45. The van der Waals surface area contributed by atoms with Crippen LogP contribution in [0.15, 0.2) is 18.2 Å². The molecule has 5 heteroatoms. The molecule has 2 rings (SSSR count). The predicted molar refractivity (Wildman–Crippen MR) is 79.9 cm³/mol. The number of hydrogen-bond acceptors (Lipinski definition) is 4. The summed E-state index contributed by atoms with van der Waals surface area (Å²) in [5.41, 5.74) is 1.06. The van der Waals surface area contributed by atoms with Gasteiger partial charge in [-0.3, -0.25) is 4.90 Å². The number of carboxylic acids is 1. The summed E-state index contributed by atoms with van der Waals surface area (Å²) in [5.74, 6) is -0.191. The monoisotopic (exact) mass is 293 g/mol. The summed E-state index contributed by atoms with van der Waals surface area (Å²) in [6.45, 7) is 4.61. The Balaban J connectivity index is 2.18. The van der Waals surface area contributed by atoms with Gasteiger partial charge in [0.2, 0.25) is 0 Å². The highest BCUT2D eigenvalue weighted by molar-refractivity contribution is 5.88. The quantitative estimate of drug-likeness (QED) is 0.903. The zero-order valence-corrected chi connectivity index (χ0v) is 12.9. The molecular weight excluding hydrogens is 270 g/mol. The molecule has 1 aromatic rings. The van der Waals surface area contributed by atoms with E-state index in [2.05, 4.69) is 11.8 Å². The Labute approximate surface area is 125 Å². The smallest absolute Gasteiger partial charge is 0.335 e. The Hall–Kier alpha value is -1.59. The van der Waals surface area contributed by atoms with Crippen molar-refractivity contribution in [2.45, 2.75) is 31.9 Å². The molecule has 1 fully saturated rings. The molecule has 1 aromatic carbocycles. The highest BCUT2D eigenvalue weighted by Crippen LogP contribution is 2.27. The van der Waals surface area contributed by atoms with E-state index in [1.165, 1.54) is 0 Å². The van der Waals surface area contributed by atoms with Crippen LogP contribution in [0.4, 0.5) is 0 Å². The van der Waals surface area contributed by atoms with Crippen molar-refractivity contribution in [3.8, 4) is 5.75 Å². The number of carboxylic acid groups (broad SMARTS) is 1. The van der Waals surface area contributed by atoms with Crippen molar-refractivity contribution < 1.29 is 19.4 Å². The van der Waals surface area contributed by atoms with Crippen LogP contribution < -0.4 is 4.74 Å². The average molecular weight is 293 g/mol. The van der Waals surface area contributed by atoms with Gasteiger partial charge < -0.3 is 14.6 Å². The fourth-order valence-electron chi connectivity index (χ4n) is 2.89. The van der Waals surface area contributed by atoms with E-state index in [0.717, 1.165) is 37.2 Å².